The smallest absolute Gasteiger partial charge is 0.336 e. The predicted octanol–water partition coefficient (Wildman–Crippen LogP) is 3.07. The molecular weight excluding hydrogens is 216 g/mol. The van der Waals surface area contributed by atoms with Gasteiger partial charge in [-0.3, -0.25) is 0 Å². The lowest BCUT2D eigenvalue weighted by Crippen LogP contribution is -1.98. The van der Waals surface area contributed by atoms with E-state index in [0.717, 1.165) is 5.56 Å². The number of hydrogen-bond acceptors (Lipinski definition) is 2. The normalized spacial score (nSPS) is 10.2. The number of carboxylic acids is 1. The van der Waals surface area contributed by atoms with E-state index in [2.05, 4.69) is 0 Å². The molecule has 0 radical (unpaired) electrons. The van der Waals surface area contributed by atoms with Crippen LogP contribution in [0.1, 0.15) is 15.9 Å². The molecule has 0 spiro atoms. The number of phenolic OH excluding ortho intramolecular Hbond substituents is 1. The number of aromatic carboxylic acids is 1. The number of carboxylic acid groups (broad SMARTS) is 1. The van der Waals surface area contributed by atoms with E-state index in [4.69, 9.17) is 5.11 Å². The summed E-state index contributed by atoms with van der Waals surface area (Å²) in [5.41, 5.74) is 2.30. The zero-order chi connectivity index (χ0) is 12.4. The van der Waals surface area contributed by atoms with Crippen molar-refractivity contribution in [3.8, 4) is 16.9 Å². The summed E-state index contributed by atoms with van der Waals surface area (Å²) in [7, 11) is 0. The van der Waals surface area contributed by atoms with Crippen LogP contribution in [0.15, 0.2) is 42.5 Å². The summed E-state index contributed by atoms with van der Waals surface area (Å²) in [6, 6.07) is 11.9. The van der Waals surface area contributed by atoms with Gasteiger partial charge < -0.3 is 10.2 Å². The molecule has 3 nitrogen and oxygen atoms in total. The minimum absolute atomic E-state index is 0.169. The number of benzene rings is 2. The Morgan fingerprint density at radius 1 is 1.12 bits per heavy atom. The van der Waals surface area contributed by atoms with Crippen LogP contribution in [-0.4, -0.2) is 16.2 Å². The van der Waals surface area contributed by atoms with Gasteiger partial charge in [-0.05, 0) is 35.7 Å². The molecule has 0 heterocycles. The topological polar surface area (TPSA) is 57.5 Å². The van der Waals surface area contributed by atoms with Crippen molar-refractivity contribution < 1.29 is 15.0 Å². The van der Waals surface area contributed by atoms with Crippen LogP contribution in [0.3, 0.4) is 0 Å². The minimum atomic E-state index is -0.972. The van der Waals surface area contributed by atoms with Gasteiger partial charge in [0.05, 0.1) is 5.56 Å². The molecule has 0 amide bonds. The summed E-state index contributed by atoms with van der Waals surface area (Å²) in [5, 5.41) is 18.7. The molecule has 2 N–H and O–H groups in total. The first kappa shape index (κ1) is 11.2. The third-order valence-corrected chi connectivity index (χ3v) is 2.68. The molecule has 0 saturated heterocycles. The fourth-order valence-electron chi connectivity index (χ4n) is 1.70. The first-order valence-electron chi connectivity index (χ1n) is 5.22. The SMILES string of the molecule is Cc1ccc(-c2ccccc2C(=O)O)cc1O. The molecule has 86 valence electrons. The predicted molar refractivity (Wildman–Crippen MR) is 65.2 cm³/mol. The average Bonchev–Trinajstić information content (AvgIpc) is 2.32. The van der Waals surface area contributed by atoms with E-state index in [-0.39, 0.29) is 11.3 Å². The molecular formula is C14H12O3. The standard InChI is InChI=1S/C14H12O3/c1-9-6-7-10(8-13(9)15)11-4-2-3-5-12(11)14(16)17/h2-8,15H,1H3,(H,16,17). The van der Waals surface area contributed by atoms with E-state index in [1.165, 1.54) is 0 Å². The number of hydrogen-bond donors (Lipinski definition) is 2. The minimum Gasteiger partial charge on any atom is -0.508 e. The maximum Gasteiger partial charge on any atom is 0.336 e. The highest BCUT2D eigenvalue weighted by Crippen LogP contribution is 2.28. The summed E-state index contributed by atoms with van der Waals surface area (Å²) in [6.07, 6.45) is 0. The molecule has 0 atom stereocenters. The van der Waals surface area contributed by atoms with E-state index < -0.39 is 5.97 Å². The second-order valence-corrected chi connectivity index (χ2v) is 3.85. The fraction of sp³-hybridized carbons (Fsp3) is 0.0714. The highest BCUT2D eigenvalue weighted by atomic mass is 16.4. The number of rotatable bonds is 2. The number of phenols is 1. The molecule has 3 heteroatoms. The van der Waals surface area contributed by atoms with Gasteiger partial charge in [-0.25, -0.2) is 4.79 Å². The van der Waals surface area contributed by atoms with Crippen LogP contribution in [0.25, 0.3) is 11.1 Å². The third-order valence-electron chi connectivity index (χ3n) is 2.68. The fourth-order valence-corrected chi connectivity index (χ4v) is 1.70. The van der Waals surface area contributed by atoms with Crippen molar-refractivity contribution >= 4 is 5.97 Å². The van der Waals surface area contributed by atoms with Crippen LogP contribution in [0, 0.1) is 6.92 Å². The Kier molecular flexibility index (Phi) is 2.83. The van der Waals surface area contributed by atoms with E-state index in [9.17, 15) is 9.90 Å². The summed E-state index contributed by atoms with van der Waals surface area (Å²) < 4.78 is 0. The molecule has 2 rings (SSSR count). The Balaban J connectivity index is 2.60. The van der Waals surface area contributed by atoms with Gasteiger partial charge >= 0.3 is 5.97 Å². The molecule has 0 saturated carbocycles. The van der Waals surface area contributed by atoms with Crippen LogP contribution < -0.4 is 0 Å². The second-order valence-electron chi connectivity index (χ2n) is 3.85. The molecule has 0 unspecified atom stereocenters. The van der Waals surface area contributed by atoms with Crippen molar-refractivity contribution in [1.82, 2.24) is 0 Å². The van der Waals surface area contributed by atoms with Gasteiger partial charge in [0.2, 0.25) is 0 Å². The van der Waals surface area contributed by atoms with Gasteiger partial charge in [-0.15, -0.1) is 0 Å². The third kappa shape index (κ3) is 2.13. The van der Waals surface area contributed by atoms with Crippen LogP contribution in [0.2, 0.25) is 0 Å². The number of aromatic hydroxyl groups is 1. The molecule has 0 aliphatic carbocycles. The van der Waals surface area contributed by atoms with Gasteiger partial charge in [0, 0.05) is 0 Å². The Hall–Kier alpha value is -2.29. The summed E-state index contributed by atoms with van der Waals surface area (Å²) in [6.45, 7) is 1.79. The molecule has 0 aliphatic rings. The van der Waals surface area contributed by atoms with Gasteiger partial charge in [0.25, 0.3) is 0 Å². The molecule has 0 aliphatic heterocycles. The van der Waals surface area contributed by atoms with Gasteiger partial charge in [-0.1, -0.05) is 30.3 Å². The number of carbonyl (C=O) groups is 1. The first-order chi connectivity index (χ1) is 8.09. The van der Waals surface area contributed by atoms with E-state index in [0.29, 0.717) is 11.1 Å². The summed E-state index contributed by atoms with van der Waals surface area (Å²) in [4.78, 5) is 11.1. The Morgan fingerprint density at radius 3 is 2.47 bits per heavy atom. The monoisotopic (exact) mass is 228 g/mol. The molecule has 0 fully saturated rings. The molecule has 0 bridgehead atoms. The second kappa shape index (κ2) is 4.29. The number of aryl methyl sites for hydroxylation is 1. The average molecular weight is 228 g/mol. The zero-order valence-electron chi connectivity index (χ0n) is 9.34. The van der Waals surface area contributed by atoms with Crippen LogP contribution in [-0.2, 0) is 0 Å². The lowest BCUT2D eigenvalue weighted by Gasteiger charge is -2.07. The van der Waals surface area contributed by atoms with E-state index in [1.807, 2.05) is 0 Å². The van der Waals surface area contributed by atoms with Crippen LogP contribution in [0.5, 0.6) is 5.75 Å². The maximum atomic E-state index is 11.1. The first-order valence-corrected chi connectivity index (χ1v) is 5.22. The molecule has 17 heavy (non-hydrogen) atoms. The van der Waals surface area contributed by atoms with Crippen molar-refractivity contribution in [2.45, 2.75) is 6.92 Å². The van der Waals surface area contributed by atoms with Crippen molar-refractivity contribution in [3.63, 3.8) is 0 Å². The van der Waals surface area contributed by atoms with Crippen molar-refractivity contribution in [2.24, 2.45) is 0 Å². The molecule has 0 aromatic heterocycles. The van der Waals surface area contributed by atoms with Crippen molar-refractivity contribution in [3.05, 3.63) is 53.6 Å². The largest absolute Gasteiger partial charge is 0.508 e. The highest BCUT2D eigenvalue weighted by molar-refractivity contribution is 5.96. The van der Waals surface area contributed by atoms with E-state index >= 15 is 0 Å². The Bertz CT molecular complexity index is 573. The lowest BCUT2D eigenvalue weighted by molar-refractivity contribution is 0.0697. The van der Waals surface area contributed by atoms with Crippen LogP contribution >= 0.6 is 0 Å². The van der Waals surface area contributed by atoms with Gasteiger partial charge in [-0.2, -0.15) is 0 Å². The van der Waals surface area contributed by atoms with Crippen LogP contribution in [0.4, 0.5) is 0 Å². The Labute approximate surface area is 99.0 Å². The Morgan fingerprint density at radius 2 is 1.82 bits per heavy atom. The van der Waals surface area contributed by atoms with E-state index in [1.54, 1.807) is 49.4 Å². The molecule has 2 aromatic carbocycles. The molecule has 2 aromatic rings. The van der Waals surface area contributed by atoms with Gasteiger partial charge in [0.15, 0.2) is 0 Å². The van der Waals surface area contributed by atoms with Crippen molar-refractivity contribution in [1.29, 1.82) is 0 Å². The quantitative estimate of drug-likeness (QED) is 0.830. The zero-order valence-corrected chi connectivity index (χ0v) is 9.34. The maximum absolute atomic E-state index is 11.1. The highest BCUT2D eigenvalue weighted by Gasteiger charge is 2.11. The summed E-state index contributed by atoms with van der Waals surface area (Å²) in [5.74, 6) is -0.802. The van der Waals surface area contributed by atoms with Crippen molar-refractivity contribution in [2.75, 3.05) is 0 Å². The lowest BCUT2D eigenvalue weighted by atomic mass is 9.98. The van der Waals surface area contributed by atoms with Gasteiger partial charge in [0.1, 0.15) is 5.75 Å². The summed E-state index contributed by atoms with van der Waals surface area (Å²) >= 11 is 0.